The Morgan fingerprint density at radius 2 is 1.87 bits per heavy atom. The van der Waals surface area contributed by atoms with Gasteiger partial charge in [0.1, 0.15) is 12.4 Å². The van der Waals surface area contributed by atoms with Crippen LogP contribution in [0.15, 0.2) is 60.0 Å². The normalized spacial score (nSPS) is 10.6. The third-order valence-corrected chi connectivity index (χ3v) is 5.42. The van der Waals surface area contributed by atoms with Crippen LogP contribution in [0, 0.1) is 5.82 Å². The Morgan fingerprint density at radius 1 is 1.10 bits per heavy atom. The van der Waals surface area contributed by atoms with Crippen molar-refractivity contribution in [3.8, 4) is 11.5 Å². The van der Waals surface area contributed by atoms with E-state index < -0.39 is 0 Å². The fourth-order valence-electron chi connectivity index (χ4n) is 2.98. The van der Waals surface area contributed by atoms with Crippen LogP contribution in [0.3, 0.4) is 0 Å². The number of amides is 1. The largest absolute Gasteiger partial charge is 0.493 e. The van der Waals surface area contributed by atoms with E-state index in [0.717, 1.165) is 17.5 Å². The van der Waals surface area contributed by atoms with Crippen molar-refractivity contribution >= 4 is 17.2 Å². The van der Waals surface area contributed by atoms with Crippen molar-refractivity contribution in [1.29, 1.82) is 0 Å². The molecule has 0 bridgehead atoms. The van der Waals surface area contributed by atoms with Crippen LogP contribution in [0.1, 0.15) is 27.2 Å². The van der Waals surface area contributed by atoms with Crippen LogP contribution in [0.25, 0.3) is 0 Å². The molecule has 158 valence electrons. The number of halogens is 1. The van der Waals surface area contributed by atoms with Crippen LogP contribution in [-0.4, -0.2) is 31.0 Å². The first kappa shape index (κ1) is 21.8. The summed E-state index contributed by atoms with van der Waals surface area (Å²) >= 11 is 1.43. The minimum Gasteiger partial charge on any atom is -0.493 e. The van der Waals surface area contributed by atoms with Gasteiger partial charge in [0.2, 0.25) is 0 Å². The van der Waals surface area contributed by atoms with E-state index in [2.05, 4.69) is 0 Å². The van der Waals surface area contributed by atoms with Crippen molar-refractivity contribution < 1.29 is 18.7 Å². The highest BCUT2D eigenvalue weighted by atomic mass is 32.1. The zero-order chi connectivity index (χ0) is 21.3. The van der Waals surface area contributed by atoms with E-state index in [4.69, 9.17) is 15.2 Å². The highest BCUT2D eigenvalue weighted by molar-refractivity contribution is 7.12. The fourth-order valence-corrected chi connectivity index (χ4v) is 3.67. The molecule has 0 unspecified atom stereocenters. The SMILES string of the molecule is COc1cc(CN(CCCN)C(=O)c2cccs2)ccc1OCc1ccc(F)cc1. The van der Waals surface area contributed by atoms with Crippen LogP contribution >= 0.6 is 11.3 Å². The number of hydrogen-bond acceptors (Lipinski definition) is 5. The third kappa shape index (κ3) is 5.81. The van der Waals surface area contributed by atoms with Gasteiger partial charge in [0, 0.05) is 13.1 Å². The number of carbonyl (C=O) groups excluding carboxylic acids is 1. The molecule has 2 aromatic carbocycles. The van der Waals surface area contributed by atoms with Gasteiger partial charge in [0.05, 0.1) is 12.0 Å². The molecule has 0 aliphatic carbocycles. The molecule has 1 aromatic heterocycles. The van der Waals surface area contributed by atoms with Crippen LogP contribution in [0.4, 0.5) is 4.39 Å². The van der Waals surface area contributed by atoms with Gasteiger partial charge < -0.3 is 20.1 Å². The monoisotopic (exact) mass is 428 g/mol. The lowest BCUT2D eigenvalue weighted by Gasteiger charge is -2.22. The van der Waals surface area contributed by atoms with E-state index in [1.54, 1.807) is 24.1 Å². The van der Waals surface area contributed by atoms with Crippen LogP contribution < -0.4 is 15.2 Å². The van der Waals surface area contributed by atoms with Gasteiger partial charge in [0.25, 0.3) is 5.91 Å². The quantitative estimate of drug-likeness (QED) is 0.518. The van der Waals surface area contributed by atoms with Crippen molar-refractivity contribution in [1.82, 2.24) is 4.90 Å². The number of thiophene rings is 1. The van der Waals surface area contributed by atoms with Crippen molar-refractivity contribution in [2.24, 2.45) is 5.73 Å². The highest BCUT2D eigenvalue weighted by Crippen LogP contribution is 2.29. The molecule has 5 nitrogen and oxygen atoms in total. The van der Waals surface area contributed by atoms with Gasteiger partial charge in [-0.25, -0.2) is 4.39 Å². The average Bonchev–Trinajstić information content (AvgIpc) is 3.31. The smallest absolute Gasteiger partial charge is 0.264 e. The van der Waals surface area contributed by atoms with Gasteiger partial charge in [-0.15, -0.1) is 11.3 Å². The second-order valence-corrected chi connectivity index (χ2v) is 7.69. The minimum atomic E-state index is -0.281. The number of hydrogen-bond donors (Lipinski definition) is 1. The summed E-state index contributed by atoms with van der Waals surface area (Å²) in [5.74, 6) is 0.881. The Labute approximate surface area is 179 Å². The van der Waals surface area contributed by atoms with Gasteiger partial charge in [-0.3, -0.25) is 4.79 Å². The predicted octanol–water partition coefficient (Wildman–Crippen LogP) is 4.47. The second-order valence-electron chi connectivity index (χ2n) is 6.75. The Morgan fingerprint density at radius 3 is 2.53 bits per heavy atom. The molecule has 0 aliphatic heterocycles. The summed E-state index contributed by atoms with van der Waals surface area (Å²) in [7, 11) is 1.58. The molecule has 7 heteroatoms. The summed E-state index contributed by atoms with van der Waals surface area (Å²) in [4.78, 5) is 15.3. The molecule has 0 spiro atoms. The molecule has 0 aliphatic rings. The summed E-state index contributed by atoms with van der Waals surface area (Å²) in [6, 6.07) is 15.5. The third-order valence-electron chi connectivity index (χ3n) is 4.56. The molecule has 0 atom stereocenters. The van der Waals surface area contributed by atoms with E-state index in [9.17, 15) is 9.18 Å². The van der Waals surface area contributed by atoms with Crippen molar-refractivity contribution in [2.75, 3.05) is 20.2 Å². The molecule has 3 rings (SSSR count). The maximum Gasteiger partial charge on any atom is 0.264 e. The number of carbonyl (C=O) groups is 1. The van der Waals surface area contributed by atoms with Gasteiger partial charge in [0.15, 0.2) is 11.5 Å². The summed E-state index contributed by atoms with van der Waals surface area (Å²) in [6.45, 7) is 1.85. The van der Waals surface area contributed by atoms with Crippen molar-refractivity contribution in [2.45, 2.75) is 19.6 Å². The Kier molecular flexibility index (Phi) is 7.82. The second kappa shape index (κ2) is 10.8. The summed E-state index contributed by atoms with van der Waals surface area (Å²) < 4.78 is 24.4. The molecule has 1 amide bonds. The topological polar surface area (TPSA) is 64.8 Å². The molecule has 0 saturated carbocycles. The standard InChI is InChI=1S/C23H25FN2O3S/c1-28-21-14-18(7-10-20(21)29-16-17-5-8-19(24)9-6-17)15-26(12-3-11-25)23(27)22-4-2-13-30-22/h2,4-10,13-14H,3,11-12,15-16,25H2,1H3. The van der Waals surface area contributed by atoms with Gasteiger partial charge in [-0.05, 0) is 59.8 Å². The Hall–Kier alpha value is -2.90. The van der Waals surface area contributed by atoms with Crippen LogP contribution in [0.5, 0.6) is 11.5 Å². The first-order valence-electron chi connectivity index (χ1n) is 9.67. The highest BCUT2D eigenvalue weighted by Gasteiger charge is 2.17. The molecule has 2 N–H and O–H groups in total. The molecule has 30 heavy (non-hydrogen) atoms. The number of benzene rings is 2. The van der Waals surface area contributed by atoms with Crippen LogP contribution in [-0.2, 0) is 13.2 Å². The number of nitrogens with two attached hydrogens (primary N) is 1. The molecular formula is C23H25FN2O3S. The van der Waals surface area contributed by atoms with Gasteiger partial charge >= 0.3 is 0 Å². The summed E-state index contributed by atoms with van der Waals surface area (Å²) in [6.07, 6.45) is 0.729. The first-order valence-corrected chi connectivity index (χ1v) is 10.6. The lowest BCUT2D eigenvalue weighted by Crippen LogP contribution is -2.32. The van der Waals surface area contributed by atoms with E-state index in [1.165, 1.54) is 23.5 Å². The summed E-state index contributed by atoms with van der Waals surface area (Å²) in [5.41, 5.74) is 7.44. The van der Waals surface area contributed by atoms with Crippen molar-refractivity contribution in [3.05, 3.63) is 81.8 Å². The van der Waals surface area contributed by atoms with E-state index in [0.29, 0.717) is 42.6 Å². The molecule has 3 aromatic rings. The zero-order valence-corrected chi connectivity index (χ0v) is 17.7. The number of methoxy groups -OCH3 is 1. The zero-order valence-electron chi connectivity index (χ0n) is 16.8. The predicted molar refractivity (Wildman–Crippen MR) is 116 cm³/mol. The van der Waals surface area contributed by atoms with Gasteiger partial charge in [-0.2, -0.15) is 0 Å². The summed E-state index contributed by atoms with van der Waals surface area (Å²) in [5, 5.41) is 1.89. The lowest BCUT2D eigenvalue weighted by molar-refractivity contribution is 0.0747. The fraction of sp³-hybridized carbons (Fsp3) is 0.261. The number of ether oxygens (including phenoxy) is 2. The van der Waals surface area contributed by atoms with Gasteiger partial charge in [-0.1, -0.05) is 24.3 Å². The molecule has 0 radical (unpaired) electrons. The molecule has 0 fully saturated rings. The average molecular weight is 429 g/mol. The maximum absolute atomic E-state index is 13.0. The molecule has 0 saturated heterocycles. The van der Waals surface area contributed by atoms with Crippen LogP contribution in [0.2, 0.25) is 0 Å². The molecule has 1 heterocycles. The van der Waals surface area contributed by atoms with E-state index >= 15 is 0 Å². The molecular weight excluding hydrogens is 403 g/mol. The van der Waals surface area contributed by atoms with Crippen molar-refractivity contribution in [3.63, 3.8) is 0 Å². The Bertz CT molecular complexity index is 946. The van der Waals surface area contributed by atoms with E-state index in [-0.39, 0.29) is 11.7 Å². The lowest BCUT2D eigenvalue weighted by atomic mass is 10.1. The first-order chi connectivity index (χ1) is 14.6. The minimum absolute atomic E-state index is 0.00551. The Balaban J connectivity index is 1.71. The van der Waals surface area contributed by atoms with E-state index in [1.807, 2.05) is 35.7 Å². The number of nitrogens with zero attached hydrogens (tertiary/aromatic N) is 1. The maximum atomic E-state index is 13.0. The number of rotatable bonds is 10.